The summed E-state index contributed by atoms with van der Waals surface area (Å²) in [6, 6.07) is 22.2. The van der Waals surface area contributed by atoms with E-state index in [1.807, 2.05) is 6.07 Å². The predicted octanol–water partition coefficient (Wildman–Crippen LogP) is 7.09. The first kappa shape index (κ1) is 24.0. The predicted molar refractivity (Wildman–Crippen MR) is 154 cm³/mol. The van der Waals surface area contributed by atoms with E-state index in [1.165, 1.54) is 85.3 Å². The normalized spacial score (nSPS) is 20.4. The lowest BCUT2D eigenvalue weighted by atomic mass is 9.71. The molecule has 2 aliphatic carbocycles. The molecule has 0 amide bonds. The van der Waals surface area contributed by atoms with Gasteiger partial charge in [-0.1, -0.05) is 80.6 Å². The minimum atomic E-state index is -3.44. The summed E-state index contributed by atoms with van der Waals surface area (Å²) in [5.74, 6) is 1.86. The minimum Gasteiger partial charge on any atom is -0.398 e. The highest BCUT2D eigenvalue weighted by atomic mass is 32.2. The summed E-state index contributed by atoms with van der Waals surface area (Å²) in [7, 11) is -3.44. The Hall–Kier alpha value is -3.38. The van der Waals surface area contributed by atoms with Gasteiger partial charge in [0.15, 0.2) is 0 Å². The number of para-hydroxylation sites is 1. The van der Waals surface area contributed by atoms with Crippen molar-refractivity contribution in [3.8, 4) is 0 Å². The topological polar surface area (TPSA) is 84.6 Å². The average molecular weight is 512 g/mol. The summed E-state index contributed by atoms with van der Waals surface area (Å²) in [6.45, 7) is 0. The molecular weight excluding hydrogens is 478 g/mol. The standard InChI is InChI=1S/C24H27N.C7H6N2O2S/c25-24-8-4-7-19-20-12-11-17-9-10-18(16-5-2-1-3-6-16)15-23(17)21(20)13-14-22(19)24;10-12(11)7-4-2-1-3-6(7)8-5-9-12/h4,7-8,11-14,16,18H,1-3,5-6,9-10,15,25H2;1-5H,(H,8,9). The third-order valence-electron chi connectivity index (χ3n) is 8.44. The van der Waals surface area contributed by atoms with Gasteiger partial charge in [0, 0.05) is 11.1 Å². The summed E-state index contributed by atoms with van der Waals surface area (Å²) in [4.78, 5) is 0.229. The molecule has 4 aromatic rings. The van der Waals surface area contributed by atoms with E-state index in [1.54, 1.807) is 29.3 Å². The number of hydrogen-bond donors (Lipinski definition) is 2. The molecule has 6 heteroatoms. The van der Waals surface area contributed by atoms with Crippen LogP contribution in [-0.2, 0) is 22.9 Å². The molecule has 1 atom stereocenters. The molecule has 37 heavy (non-hydrogen) atoms. The van der Waals surface area contributed by atoms with Gasteiger partial charge in [-0.15, -0.1) is 4.40 Å². The zero-order valence-electron chi connectivity index (χ0n) is 21.0. The van der Waals surface area contributed by atoms with Crippen LogP contribution in [-0.4, -0.2) is 14.8 Å². The molecule has 0 aromatic heterocycles. The molecule has 0 bridgehead atoms. The van der Waals surface area contributed by atoms with Crippen molar-refractivity contribution in [2.45, 2.75) is 56.3 Å². The molecule has 1 saturated carbocycles. The zero-order valence-corrected chi connectivity index (χ0v) is 21.8. The second kappa shape index (κ2) is 9.82. The van der Waals surface area contributed by atoms with Crippen LogP contribution in [0.3, 0.4) is 0 Å². The quantitative estimate of drug-likeness (QED) is 0.211. The molecule has 3 aliphatic rings. The van der Waals surface area contributed by atoms with Gasteiger partial charge in [0.1, 0.15) is 11.2 Å². The highest BCUT2D eigenvalue weighted by Crippen LogP contribution is 2.41. The highest BCUT2D eigenvalue weighted by Gasteiger charge is 2.28. The molecule has 0 saturated heterocycles. The number of nitrogens with zero attached hydrogens (tertiary/aromatic N) is 1. The molecule has 1 heterocycles. The summed E-state index contributed by atoms with van der Waals surface area (Å²) in [5.41, 5.74) is 10.9. The lowest BCUT2D eigenvalue weighted by molar-refractivity contribution is 0.228. The first-order valence-electron chi connectivity index (χ1n) is 13.4. The molecule has 190 valence electrons. The number of nitrogens with two attached hydrogens (primary N) is 1. The van der Waals surface area contributed by atoms with E-state index in [2.05, 4.69) is 46.1 Å². The molecule has 3 N–H and O–H groups in total. The fourth-order valence-electron chi connectivity index (χ4n) is 6.53. The largest absolute Gasteiger partial charge is 0.398 e. The second-order valence-corrected chi connectivity index (χ2v) is 12.2. The van der Waals surface area contributed by atoms with Crippen LogP contribution in [0.25, 0.3) is 21.5 Å². The van der Waals surface area contributed by atoms with Crippen molar-refractivity contribution in [1.29, 1.82) is 0 Å². The summed E-state index contributed by atoms with van der Waals surface area (Å²) in [5, 5.41) is 8.09. The van der Waals surface area contributed by atoms with Gasteiger partial charge < -0.3 is 11.1 Å². The Morgan fingerprint density at radius 2 is 1.51 bits per heavy atom. The first-order chi connectivity index (χ1) is 18.0. The van der Waals surface area contributed by atoms with E-state index < -0.39 is 10.0 Å². The Kier molecular flexibility index (Phi) is 6.37. The lowest BCUT2D eigenvalue weighted by Crippen LogP contribution is -2.24. The number of benzene rings is 4. The maximum atomic E-state index is 11.2. The molecule has 0 radical (unpaired) electrons. The van der Waals surface area contributed by atoms with Gasteiger partial charge in [-0.25, -0.2) is 0 Å². The molecule has 1 unspecified atom stereocenters. The Bertz CT molecular complexity index is 1600. The van der Waals surface area contributed by atoms with Crippen LogP contribution in [0, 0.1) is 11.8 Å². The summed E-state index contributed by atoms with van der Waals surface area (Å²) < 4.78 is 25.8. The van der Waals surface area contributed by atoms with Gasteiger partial charge in [0.05, 0.1) is 5.69 Å². The summed E-state index contributed by atoms with van der Waals surface area (Å²) in [6.07, 6.45) is 12.4. The molecular formula is C31H33N3O2S. The third-order valence-corrected chi connectivity index (χ3v) is 9.74. The molecule has 1 aliphatic heterocycles. The van der Waals surface area contributed by atoms with E-state index in [-0.39, 0.29) is 4.90 Å². The number of anilines is 2. The van der Waals surface area contributed by atoms with Crippen LogP contribution in [0.15, 0.2) is 76.0 Å². The Morgan fingerprint density at radius 3 is 2.35 bits per heavy atom. The van der Waals surface area contributed by atoms with Crippen LogP contribution in [0.2, 0.25) is 0 Å². The van der Waals surface area contributed by atoms with Crippen LogP contribution < -0.4 is 11.1 Å². The molecule has 1 fully saturated rings. The van der Waals surface area contributed by atoms with Gasteiger partial charge in [0.25, 0.3) is 10.0 Å². The van der Waals surface area contributed by atoms with Crippen molar-refractivity contribution in [3.63, 3.8) is 0 Å². The number of hydrogen-bond acceptors (Lipinski definition) is 4. The first-order valence-corrected chi connectivity index (χ1v) is 14.8. The van der Waals surface area contributed by atoms with Gasteiger partial charge in [-0.2, -0.15) is 8.42 Å². The number of nitrogens with one attached hydrogen (secondary N) is 1. The molecule has 5 nitrogen and oxygen atoms in total. The van der Waals surface area contributed by atoms with Crippen molar-refractivity contribution in [2.75, 3.05) is 11.1 Å². The second-order valence-electron chi connectivity index (χ2n) is 10.6. The monoisotopic (exact) mass is 511 g/mol. The number of nitrogen functional groups attached to an aromatic ring is 1. The molecule has 7 rings (SSSR count). The van der Waals surface area contributed by atoms with Crippen molar-refractivity contribution in [3.05, 3.63) is 77.9 Å². The van der Waals surface area contributed by atoms with Crippen LogP contribution in [0.5, 0.6) is 0 Å². The number of rotatable bonds is 1. The van der Waals surface area contributed by atoms with E-state index >= 15 is 0 Å². The zero-order chi connectivity index (χ0) is 25.4. The molecule has 0 spiro atoms. The van der Waals surface area contributed by atoms with E-state index in [4.69, 9.17) is 5.73 Å². The van der Waals surface area contributed by atoms with E-state index in [0.717, 1.165) is 17.5 Å². The number of sulfonamides is 1. The van der Waals surface area contributed by atoms with Gasteiger partial charge in [0.2, 0.25) is 0 Å². The van der Waals surface area contributed by atoms with Crippen LogP contribution >= 0.6 is 0 Å². The van der Waals surface area contributed by atoms with Crippen molar-refractivity contribution < 1.29 is 8.42 Å². The maximum Gasteiger partial charge on any atom is 0.285 e. The van der Waals surface area contributed by atoms with Crippen molar-refractivity contribution in [2.24, 2.45) is 16.2 Å². The highest BCUT2D eigenvalue weighted by molar-refractivity contribution is 7.90. The third kappa shape index (κ3) is 4.59. The van der Waals surface area contributed by atoms with E-state index in [9.17, 15) is 8.42 Å². The Labute approximate surface area is 218 Å². The number of aryl methyl sites for hydroxylation is 1. The Morgan fingerprint density at radius 1 is 0.757 bits per heavy atom. The summed E-state index contributed by atoms with van der Waals surface area (Å²) >= 11 is 0. The van der Waals surface area contributed by atoms with Gasteiger partial charge in [-0.05, 0) is 76.6 Å². The average Bonchev–Trinajstić information content (AvgIpc) is 2.93. The smallest absolute Gasteiger partial charge is 0.285 e. The fraction of sp³-hybridized carbons (Fsp3) is 0.323. The van der Waals surface area contributed by atoms with Crippen molar-refractivity contribution in [1.82, 2.24) is 0 Å². The maximum absolute atomic E-state index is 11.2. The Balaban J connectivity index is 0.000000176. The van der Waals surface area contributed by atoms with Gasteiger partial charge in [-0.3, -0.25) is 0 Å². The van der Waals surface area contributed by atoms with Crippen molar-refractivity contribution >= 4 is 49.3 Å². The lowest BCUT2D eigenvalue weighted by Gasteiger charge is -2.34. The minimum absolute atomic E-state index is 0.229. The SMILES string of the molecule is Nc1cccc2c1ccc1c3c(ccc12)CCC(C1CCCCC1)C3.O=S1(=O)N=CNc2ccccc21. The van der Waals surface area contributed by atoms with Gasteiger partial charge >= 0.3 is 0 Å². The van der Waals surface area contributed by atoms with Crippen LogP contribution in [0.4, 0.5) is 11.4 Å². The number of fused-ring (bicyclic) bond motifs is 6. The fourth-order valence-corrected chi connectivity index (χ4v) is 7.49. The van der Waals surface area contributed by atoms with E-state index in [0.29, 0.717) is 5.69 Å². The molecule has 4 aromatic carbocycles. The van der Waals surface area contributed by atoms with Crippen LogP contribution in [0.1, 0.15) is 49.7 Å².